The standard InChI is InChI=1S/C15H13N3O/c19-13-3-1-2-11(8-13)10-18-12-4-5-14-15(9-12)17-7-6-16-14/h1-9,18-19H,10H2. The normalized spacial score (nSPS) is 10.5. The predicted molar refractivity (Wildman–Crippen MR) is 75.0 cm³/mol. The van der Waals surface area contributed by atoms with Crippen molar-refractivity contribution in [1.29, 1.82) is 0 Å². The van der Waals surface area contributed by atoms with Crippen LogP contribution < -0.4 is 5.32 Å². The lowest BCUT2D eigenvalue weighted by molar-refractivity contribution is 0.474. The maximum absolute atomic E-state index is 9.41. The maximum Gasteiger partial charge on any atom is 0.115 e. The predicted octanol–water partition coefficient (Wildman–Crippen LogP) is 2.95. The fourth-order valence-corrected chi connectivity index (χ4v) is 1.94. The van der Waals surface area contributed by atoms with Crippen molar-refractivity contribution in [3.05, 3.63) is 60.4 Å². The first kappa shape index (κ1) is 11.5. The molecule has 0 aliphatic carbocycles. The molecule has 1 aromatic heterocycles. The van der Waals surface area contributed by atoms with Crippen LogP contribution in [0.5, 0.6) is 5.75 Å². The molecule has 0 bridgehead atoms. The van der Waals surface area contributed by atoms with Crippen LogP contribution in [0.15, 0.2) is 54.9 Å². The average molecular weight is 251 g/mol. The van der Waals surface area contributed by atoms with Crippen molar-refractivity contribution >= 4 is 16.7 Å². The van der Waals surface area contributed by atoms with Gasteiger partial charge in [0, 0.05) is 24.6 Å². The van der Waals surface area contributed by atoms with Gasteiger partial charge in [-0.05, 0) is 35.9 Å². The molecule has 0 spiro atoms. The number of aromatic nitrogens is 2. The molecule has 3 rings (SSSR count). The van der Waals surface area contributed by atoms with Gasteiger partial charge in [0.1, 0.15) is 5.75 Å². The van der Waals surface area contributed by atoms with Crippen LogP contribution in [0.3, 0.4) is 0 Å². The summed E-state index contributed by atoms with van der Waals surface area (Å²) in [4.78, 5) is 8.50. The van der Waals surface area contributed by atoms with E-state index >= 15 is 0 Å². The summed E-state index contributed by atoms with van der Waals surface area (Å²) in [5.41, 5.74) is 3.75. The van der Waals surface area contributed by atoms with Crippen molar-refractivity contribution in [3.8, 4) is 5.75 Å². The first-order valence-corrected chi connectivity index (χ1v) is 6.04. The highest BCUT2D eigenvalue weighted by atomic mass is 16.3. The van der Waals surface area contributed by atoms with Gasteiger partial charge in [0.15, 0.2) is 0 Å². The molecule has 4 nitrogen and oxygen atoms in total. The highest BCUT2D eigenvalue weighted by Crippen LogP contribution is 2.17. The number of anilines is 1. The monoisotopic (exact) mass is 251 g/mol. The minimum absolute atomic E-state index is 0.281. The Hall–Kier alpha value is -2.62. The summed E-state index contributed by atoms with van der Waals surface area (Å²) in [5, 5.41) is 12.7. The number of fused-ring (bicyclic) bond motifs is 1. The number of hydrogen-bond acceptors (Lipinski definition) is 4. The molecule has 3 aromatic rings. The van der Waals surface area contributed by atoms with Gasteiger partial charge in [0.25, 0.3) is 0 Å². The molecule has 2 N–H and O–H groups in total. The van der Waals surface area contributed by atoms with Crippen LogP contribution in [0.2, 0.25) is 0 Å². The molecule has 94 valence electrons. The molecule has 0 radical (unpaired) electrons. The average Bonchev–Trinajstić information content (AvgIpc) is 2.45. The number of aromatic hydroxyl groups is 1. The third-order valence-corrected chi connectivity index (χ3v) is 2.88. The van der Waals surface area contributed by atoms with Crippen LogP contribution >= 0.6 is 0 Å². The number of rotatable bonds is 3. The van der Waals surface area contributed by atoms with Crippen LogP contribution in [0.4, 0.5) is 5.69 Å². The zero-order valence-electron chi connectivity index (χ0n) is 10.2. The second-order valence-corrected chi connectivity index (χ2v) is 4.28. The molecule has 0 aliphatic heterocycles. The van der Waals surface area contributed by atoms with Crippen molar-refractivity contribution in [2.45, 2.75) is 6.54 Å². The maximum atomic E-state index is 9.41. The van der Waals surface area contributed by atoms with Crippen LogP contribution in [0.1, 0.15) is 5.56 Å². The topological polar surface area (TPSA) is 58.0 Å². The fraction of sp³-hybridized carbons (Fsp3) is 0.0667. The number of benzene rings is 2. The Kier molecular flexibility index (Phi) is 2.98. The lowest BCUT2D eigenvalue weighted by Crippen LogP contribution is -1.99. The fourth-order valence-electron chi connectivity index (χ4n) is 1.94. The Morgan fingerprint density at radius 3 is 2.63 bits per heavy atom. The first-order valence-electron chi connectivity index (χ1n) is 6.04. The zero-order chi connectivity index (χ0) is 13.1. The van der Waals surface area contributed by atoms with Crippen LogP contribution in [0.25, 0.3) is 11.0 Å². The van der Waals surface area contributed by atoms with E-state index in [1.165, 1.54) is 0 Å². The van der Waals surface area contributed by atoms with Gasteiger partial charge in [0.05, 0.1) is 11.0 Å². The van der Waals surface area contributed by atoms with E-state index in [1.807, 2.05) is 30.3 Å². The summed E-state index contributed by atoms with van der Waals surface area (Å²) in [6, 6.07) is 13.1. The van der Waals surface area contributed by atoms with E-state index in [1.54, 1.807) is 24.5 Å². The van der Waals surface area contributed by atoms with E-state index in [-0.39, 0.29) is 5.75 Å². The first-order chi connectivity index (χ1) is 9.31. The van der Waals surface area contributed by atoms with Gasteiger partial charge in [-0.25, -0.2) is 0 Å². The summed E-state index contributed by atoms with van der Waals surface area (Å²) < 4.78 is 0. The molecular formula is C15H13N3O. The molecule has 2 aromatic carbocycles. The number of phenolic OH excluding ortho intramolecular Hbond substituents is 1. The summed E-state index contributed by atoms with van der Waals surface area (Å²) >= 11 is 0. The van der Waals surface area contributed by atoms with Gasteiger partial charge in [-0.2, -0.15) is 0 Å². The second kappa shape index (κ2) is 4.94. The molecule has 0 unspecified atom stereocenters. The lowest BCUT2D eigenvalue weighted by atomic mass is 10.2. The Bertz CT molecular complexity index is 712. The second-order valence-electron chi connectivity index (χ2n) is 4.28. The van der Waals surface area contributed by atoms with Crippen molar-refractivity contribution < 1.29 is 5.11 Å². The van der Waals surface area contributed by atoms with E-state index in [0.29, 0.717) is 6.54 Å². The number of nitrogens with zero attached hydrogens (tertiary/aromatic N) is 2. The minimum Gasteiger partial charge on any atom is -0.508 e. The smallest absolute Gasteiger partial charge is 0.115 e. The summed E-state index contributed by atoms with van der Waals surface area (Å²) in [5.74, 6) is 0.281. The highest BCUT2D eigenvalue weighted by Gasteiger charge is 1.99. The van der Waals surface area contributed by atoms with Crippen LogP contribution in [0, 0.1) is 0 Å². The van der Waals surface area contributed by atoms with Gasteiger partial charge in [-0.15, -0.1) is 0 Å². The largest absolute Gasteiger partial charge is 0.508 e. The van der Waals surface area contributed by atoms with Crippen molar-refractivity contribution in [3.63, 3.8) is 0 Å². The molecule has 0 saturated carbocycles. The van der Waals surface area contributed by atoms with Gasteiger partial charge >= 0.3 is 0 Å². The molecule has 0 aliphatic rings. The van der Waals surface area contributed by atoms with Crippen molar-refractivity contribution in [2.24, 2.45) is 0 Å². The molecule has 0 saturated heterocycles. The Morgan fingerprint density at radius 2 is 1.79 bits per heavy atom. The molecular weight excluding hydrogens is 238 g/mol. The summed E-state index contributed by atoms with van der Waals surface area (Å²) in [6.45, 7) is 0.653. The van der Waals surface area contributed by atoms with Crippen LogP contribution in [-0.4, -0.2) is 15.1 Å². The molecule has 0 fully saturated rings. The molecule has 1 heterocycles. The molecule has 19 heavy (non-hydrogen) atoms. The van der Waals surface area contributed by atoms with Gasteiger partial charge in [-0.1, -0.05) is 12.1 Å². The van der Waals surface area contributed by atoms with Gasteiger partial charge < -0.3 is 10.4 Å². The molecule has 0 amide bonds. The van der Waals surface area contributed by atoms with E-state index in [2.05, 4.69) is 15.3 Å². The highest BCUT2D eigenvalue weighted by molar-refractivity contribution is 5.78. The van der Waals surface area contributed by atoms with Crippen LogP contribution in [-0.2, 0) is 6.54 Å². The Balaban J connectivity index is 1.78. The van der Waals surface area contributed by atoms with Gasteiger partial charge in [-0.3, -0.25) is 9.97 Å². The molecule has 4 heteroatoms. The van der Waals surface area contributed by atoms with Gasteiger partial charge in [0.2, 0.25) is 0 Å². The lowest BCUT2D eigenvalue weighted by Gasteiger charge is -2.07. The number of nitrogens with one attached hydrogen (secondary N) is 1. The van der Waals surface area contributed by atoms with E-state index < -0.39 is 0 Å². The Labute approximate surface area is 110 Å². The minimum atomic E-state index is 0.281. The number of hydrogen-bond donors (Lipinski definition) is 2. The summed E-state index contributed by atoms with van der Waals surface area (Å²) in [6.07, 6.45) is 3.36. The SMILES string of the molecule is Oc1cccc(CNc2ccc3nccnc3c2)c1. The van der Waals surface area contributed by atoms with E-state index in [0.717, 1.165) is 22.3 Å². The van der Waals surface area contributed by atoms with E-state index in [4.69, 9.17) is 0 Å². The summed E-state index contributed by atoms with van der Waals surface area (Å²) in [7, 11) is 0. The third kappa shape index (κ3) is 2.63. The Morgan fingerprint density at radius 1 is 0.947 bits per heavy atom. The van der Waals surface area contributed by atoms with Crippen molar-refractivity contribution in [1.82, 2.24) is 9.97 Å². The zero-order valence-corrected chi connectivity index (χ0v) is 10.2. The third-order valence-electron chi connectivity index (χ3n) is 2.88. The van der Waals surface area contributed by atoms with E-state index in [9.17, 15) is 5.11 Å². The molecule has 0 atom stereocenters. The number of phenols is 1. The van der Waals surface area contributed by atoms with Crippen molar-refractivity contribution in [2.75, 3.05) is 5.32 Å². The quantitative estimate of drug-likeness (QED) is 0.751.